The van der Waals surface area contributed by atoms with Gasteiger partial charge in [0.15, 0.2) is 11.3 Å². The van der Waals surface area contributed by atoms with Gasteiger partial charge in [0.2, 0.25) is 0 Å². The van der Waals surface area contributed by atoms with Gasteiger partial charge in [-0.25, -0.2) is 15.0 Å². The van der Waals surface area contributed by atoms with E-state index < -0.39 is 0 Å². The molecule has 3 aromatic heterocycles. The third-order valence-corrected chi connectivity index (χ3v) is 5.74. The third kappa shape index (κ3) is 3.38. The zero-order chi connectivity index (χ0) is 21.4. The minimum absolute atomic E-state index is 0.0533. The van der Waals surface area contributed by atoms with E-state index in [1.54, 1.807) is 10.9 Å². The van der Waals surface area contributed by atoms with Gasteiger partial charge >= 0.3 is 0 Å². The average molecular weight is 412 g/mol. The molecule has 0 aliphatic rings. The number of nitrogens with zero attached hydrogens (tertiary/aromatic N) is 5. The number of para-hydroxylation sites is 2. The molecule has 0 amide bonds. The predicted octanol–water partition coefficient (Wildman–Crippen LogP) is 5.17. The largest absolute Gasteiger partial charge is 0.299 e. The molecule has 5 rings (SSSR count). The smallest absolute Gasteiger partial charge is 0.265 e. The van der Waals surface area contributed by atoms with Crippen molar-refractivity contribution in [1.29, 1.82) is 0 Å². The van der Waals surface area contributed by atoms with Crippen LogP contribution < -0.4 is 5.56 Å². The summed E-state index contributed by atoms with van der Waals surface area (Å²) in [7, 11) is 0. The molecule has 0 fully saturated rings. The van der Waals surface area contributed by atoms with Crippen molar-refractivity contribution < 1.29 is 0 Å². The summed E-state index contributed by atoms with van der Waals surface area (Å²) < 4.78 is 3.68. The molecular formula is C25H25N5O. The van der Waals surface area contributed by atoms with Gasteiger partial charge in [-0.3, -0.25) is 13.9 Å². The maximum Gasteiger partial charge on any atom is 0.265 e. The molecular weight excluding hydrogens is 386 g/mol. The van der Waals surface area contributed by atoms with Crippen molar-refractivity contribution in [3.05, 3.63) is 70.8 Å². The number of aryl methyl sites for hydroxylation is 2. The summed E-state index contributed by atoms with van der Waals surface area (Å²) in [5.74, 6) is 0. The first kappa shape index (κ1) is 19.4. The van der Waals surface area contributed by atoms with Gasteiger partial charge in [-0.1, -0.05) is 50.5 Å². The molecule has 0 aliphatic heterocycles. The van der Waals surface area contributed by atoms with Crippen molar-refractivity contribution in [3.8, 4) is 5.69 Å². The first-order valence-corrected chi connectivity index (χ1v) is 10.9. The van der Waals surface area contributed by atoms with Crippen LogP contribution in [-0.2, 0) is 6.54 Å². The monoisotopic (exact) mass is 411 g/mol. The summed E-state index contributed by atoms with van der Waals surface area (Å²) in [4.78, 5) is 28.0. The van der Waals surface area contributed by atoms with E-state index in [1.807, 2.05) is 41.0 Å². The molecule has 156 valence electrons. The fraction of sp³-hybridized carbons (Fsp3) is 0.280. The second kappa shape index (κ2) is 7.95. The van der Waals surface area contributed by atoms with Crippen molar-refractivity contribution in [3.63, 3.8) is 0 Å². The lowest BCUT2D eigenvalue weighted by molar-refractivity contribution is 0.567. The van der Waals surface area contributed by atoms with Crippen molar-refractivity contribution in [2.75, 3.05) is 0 Å². The summed E-state index contributed by atoms with van der Waals surface area (Å²) in [6, 6.07) is 15.9. The fourth-order valence-electron chi connectivity index (χ4n) is 4.15. The number of hydrogen-bond acceptors (Lipinski definition) is 4. The van der Waals surface area contributed by atoms with Gasteiger partial charge in [0, 0.05) is 12.2 Å². The van der Waals surface area contributed by atoms with Gasteiger partial charge < -0.3 is 0 Å². The van der Waals surface area contributed by atoms with Crippen molar-refractivity contribution in [2.24, 2.45) is 0 Å². The number of aromatic nitrogens is 5. The molecule has 5 aromatic rings. The molecule has 0 N–H and O–H groups in total. The number of unbranched alkanes of at least 4 members (excludes halogenated alkanes) is 3. The van der Waals surface area contributed by atoms with Crippen molar-refractivity contribution in [1.82, 2.24) is 24.1 Å². The normalized spacial score (nSPS) is 11.7. The Morgan fingerprint density at radius 3 is 2.48 bits per heavy atom. The highest BCUT2D eigenvalue weighted by Gasteiger charge is 2.20. The van der Waals surface area contributed by atoms with E-state index >= 15 is 0 Å². The van der Waals surface area contributed by atoms with Crippen molar-refractivity contribution in [2.45, 2.75) is 46.1 Å². The van der Waals surface area contributed by atoms with Crippen LogP contribution in [-0.4, -0.2) is 24.1 Å². The Balaban J connectivity index is 1.81. The van der Waals surface area contributed by atoms with E-state index in [-0.39, 0.29) is 5.56 Å². The Bertz CT molecular complexity index is 1460. The summed E-state index contributed by atoms with van der Waals surface area (Å²) >= 11 is 0. The molecule has 0 bridgehead atoms. The standard InChI is InChI=1S/C25H25N5O/c1-3-4-5-8-14-29-16-26-23-21(25(29)31)22-24(28-20-13-7-6-12-19(20)27-22)30(23)18-11-9-10-17(2)15-18/h6-7,9-13,15-16H,3-5,8,14H2,1-2H3. The Morgan fingerprint density at radius 1 is 0.903 bits per heavy atom. The first-order chi connectivity index (χ1) is 15.2. The van der Waals surface area contributed by atoms with E-state index in [9.17, 15) is 4.79 Å². The Kier molecular flexibility index (Phi) is 4.98. The van der Waals surface area contributed by atoms with Crippen LogP contribution in [0, 0.1) is 6.92 Å². The number of rotatable bonds is 6. The van der Waals surface area contributed by atoms with Crippen LogP contribution in [0.3, 0.4) is 0 Å². The average Bonchev–Trinajstić information content (AvgIpc) is 3.10. The van der Waals surface area contributed by atoms with E-state index in [0.29, 0.717) is 28.7 Å². The topological polar surface area (TPSA) is 65.6 Å². The molecule has 0 saturated carbocycles. The van der Waals surface area contributed by atoms with Crippen LogP contribution in [0.5, 0.6) is 0 Å². The quantitative estimate of drug-likeness (QED) is 0.362. The number of hydrogen-bond donors (Lipinski definition) is 0. The van der Waals surface area contributed by atoms with Crippen LogP contribution in [0.1, 0.15) is 38.2 Å². The minimum atomic E-state index is -0.0533. The Labute approximate surface area is 180 Å². The third-order valence-electron chi connectivity index (χ3n) is 5.74. The van der Waals surface area contributed by atoms with E-state index in [1.165, 1.54) is 12.8 Å². The summed E-state index contributed by atoms with van der Waals surface area (Å²) in [5, 5.41) is 0.535. The van der Waals surface area contributed by atoms with Crippen LogP contribution >= 0.6 is 0 Å². The summed E-state index contributed by atoms with van der Waals surface area (Å²) in [6.07, 6.45) is 6.08. The zero-order valence-corrected chi connectivity index (χ0v) is 17.9. The highest BCUT2D eigenvalue weighted by molar-refractivity contribution is 6.05. The lowest BCUT2D eigenvalue weighted by Gasteiger charge is -2.08. The van der Waals surface area contributed by atoms with Gasteiger partial charge in [-0.2, -0.15) is 0 Å². The molecule has 3 heterocycles. The molecule has 0 radical (unpaired) electrons. The van der Waals surface area contributed by atoms with Gasteiger partial charge in [0.05, 0.1) is 17.4 Å². The van der Waals surface area contributed by atoms with Crippen LogP contribution in [0.4, 0.5) is 0 Å². The molecule has 6 nitrogen and oxygen atoms in total. The van der Waals surface area contributed by atoms with Crippen molar-refractivity contribution >= 4 is 33.2 Å². The molecule has 6 heteroatoms. The van der Waals surface area contributed by atoms with Crippen LogP contribution in [0.15, 0.2) is 59.7 Å². The van der Waals surface area contributed by atoms with E-state index in [2.05, 4.69) is 26.0 Å². The van der Waals surface area contributed by atoms with Crippen LogP contribution in [0.2, 0.25) is 0 Å². The Morgan fingerprint density at radius 2 is 1.71 bits per heavy atom. The summed E-state index contributed by atoms with van der Waals surface area (Å²) in [6.45, 7) is 4.90. The second-order valence-electron chi connectivity index (χ2n) is 8.06. The van der Waals surface area contributed by atoms with Gasteiger partial charge in [-0.05, 0) is 43.2 Å². The maximum absolute atomic E-state index is 13.5. The lowest BCUT2D eigenvalue weighted by Crippen LogP contribution is -2.20. The second-order valence-corrected chi connectivity index (χ2v) is 8.06. The van der Waals surface area contributed by atoms with E-state index in [4.69, 9.17) is 15.0 Å². The Hall–Kier alpha value is -3.54. The van der Waals surface area contributed by atoms with Gasteiger partial charge in [-0.15, -0.1) is 0 Å². The SMILES string of the molecule is CCCCCCn1cnc2c(c1=O)c1nc3ccccc3nc1n2-c1cccc(C)c1. The van der Waals surface area contributed by atoms with E-state index in [0.717, 1.165) is 35.1 Å². The molecule has 31 heavy (non-hydrogen) atoms. The first-order valence-electron chi connectivity index (χ1n) is 10.9. The molecule has 0 aliphatic carbocycles. The fourth-order valence-corrected chi connectivity index (χ4v) is 4.15. The molecule has 2 aromatic carbocycles. The number of fused-ring (bicyclic) bond motifs is 4. The minimum Gasteiger partial charge on any atom is -0.299 e. The summed E-state index contributed by atoms with van der Waals surface area (Å²) in [5.41, 5.74) is 5.45. The predicted molar refractivity (Wildman–Crippen MR) is 125 cm³/mol. The zero-order valence-electron chi connectivity index (χ0n) is 17.9. The molecule has 0 spiro atoms. The molecule has 0 saturated heterocycles. The number of benzene rings is 2. The molecule has 0 atom stereocenters. The lowest BCUT2D eigenvalue weighted by atomic mass is 10.2. The van der Waals surface area contributed by atoms with Gasteiger partial charge in [0.1, 0.15) is 10.9 Å². The highest BCUT2D eigenvalue weighted by atomic mass is 16.1. The van der Waals surface area contributed by atoms with Gasteiger partial charge in [0.25, 0.3) is 5.56 Å². The maximum atomic E-state index is 13.5. The highest BCUT2D eigenvalue weighted by Crippen LogP contribution is 2.28. The van der Waals surface area contributed by atoms with Crippen LogP contribution in [0.25, 0.3) is 38.9 Å². The molecule has 0 unspecified atom stereocenters.